The van der Waals surface area contributed by atoms with Crippen molar-refractivity contribution in [3.63, 3.8) is 0 Å². The molecular formula is C20H21NO4. The van der Waals surface area contributed by atoms with Gasteiger partial charge in [0.15, 0.2) is 5.76 Å². The third-order valence-electron chi connectivity index (χ3n) is 3.96. The molecule has 0 fully saturated rings. The highest BCUT2D eigenvalue weighted by atomic mass is 16.5. The molecule has 1 aromatic heterocycles. The highest BCUT2D eigenvalue weighted by Crippen LogP contribution is 2.20. The zero-order valence-electron chi connectivity index (χ0n) is 14.1. The van der Waals surface area contributed by atoms with Gasteiger partial charge in [-0.2, -0.15) is 0 Å². The smallest absolute Gasteiger partial charge is 0.287 e. The molecule has 5 heteroatoms. The van der Waals surface area contributed by atoms with Crippen molar-refractivity contribution in [1.29, 1.82) is 0 Å². The van der Waals surface area contributed by atoms with Crippen molar-refractivity contribution < 1.29 is 19.1 Å². The molecule has 0 aliphatic carbocycles. The van der Waals surface area contributed by atoms with Gasteiger partial charge in [0.1, 0.15) is 5.58 Å². The lowest BCUT2D eigenvalue weighted by Crippen LogP contribution is -2.29. The molecule has 130 valence electrons. The molecule has 3 rings (SSSR count). The molecule has 0 aliphatic rings. The largest absolute Gasteiger partial charge is 0.451 e. The van der Waals surface area contributed by atoms with Crippen molar-refractivity contribution in [1.82, 2.24) is 5.32 Å². The summed E-state index contributed by atoms with van der Waals surface area (Å²) in [7, 11) is 0. The summed E-state index contributed by atoms with van der Waals surface area (Å²) >= 11 is 0. The second-order valence-electron chi connectivity index (χ2n) is 5.85. The van der Waals surface area contributed by atoms with Gasteiger partial charge in [0, 0.05) is 11.9 Å². The van der Waals surface area contributed by atoms with Crippen LogP contribution in [-0.2, 0) is 4.74 Å². The molecule has 1 unspecified atom stereocenters. The van der Waals surface area contributed by atoms with Crippen LogP contribution in [0.15, 0.2) is 59.0 Å². The van der Waals surface area contributed by atoms with Gasteiger partial charge in [-0.3, -0.25) is 4.79 Å². The van der Waals surface area contributed by atoms with E-state index in [0.29, 0.717) is 12.1 Å². The van der Waals surface area contributed by atoms with E-state index in [1.165, 1.54) is 0 Å². The average Bonchev–Trinajstić information content (AvgIpc) is 3.07. The molecular weight excluding hydrogens is 318 g/mol. The monoisotopic (exact) mass is 339 g/mol. The number of rotatable bonds is 7. The maximum Gasteiger partial charge on any atom is 0.287 e. The van der Waals surface area contributed by atoms with Gasteiger partial charge in [-0.15, -0.1) is 0 Å². The fourth-order valence-electron chi connectivity index (χ4n) is 2.62. The summed E-state index contributed by atoms with van der Waals surface area (Å²) in [5.41, 5.74) is 2.78. The lowest BCUT2D eigenvalue weighted by Gasteiger charge is -2.18. The maximum absolute atomic E-state index is 12.4. The number of carbonyl (C=O) groups is 1. The normalized spacial score (nSPS) is 12.2. The minimum atomic E-state index is -0.332. The second kappa shape index (κ2) is 7.96. The van der Waals surface area contributed by atoms with Gasteiger partial charge in [-0.05, 0) is 24.6 Å². The molecule has 25 heavy (non-hydrogen) atoms. The van der Waals surface area contributed by atoms with E-state index in [-0.39, 0.29) is 31.0 Å². The van der Waals surface area contributed by atoms with E-state index in [1.807, 2.05) is 55.5 Å². The number of nitrogens with one attached hydrogen (secondary N) is 1. The minimum Gasteiger partial charge on any atom is -0.451 e. The summed E-state index contributed by atoms with van der Waals surface area (Å²) in [6.45, 7) is 2.44. The Labute approximate surface area is 146 Å². The number of para-hydroxylation sites is 1. The van der Waals surface area contributed by atoms with Gasteiger partial charge in [-0.25, -0.2) is 0 Å². The van der Waals surface area contributed by atoms with Crippen LogP contribution < -0.4 is 5.32 Å². The zero-order valence-corrected chi connectivity index (χ0v) is 14.1. The van der Waals surface area contributed by atoms with Crippen LogP contribution in [0.25, 0.3) is 11.0 Å². The summed E-state index contributed by atoms with van der Waals surface area (Å²) in [5.74, 6) is -0.0214. The van der Waals surface area contributed by atoms with Crippen molar-refractivity contribution in [2.24, 2.45) is 0 Å². The summed E-state index contributed by atoms with van der Waals surface area (Å²) in [4.78, 5) is 12.4. The fourth-order valence-corrected chi connectivity index (χ4v) is 2.62. The first kappa shape index (κ1) is 17.2. The first-order valence-electron chi connectivity index (χ1n) is 8.23. The number of carbonyl (C=O) groups excluding carboxylic acids is 1. The standard InChI is InChI=1S/C20H21NO4/c1-14-6-8-15(9-7-14)19(24-11-10-22)13-21-20(23)18-12-16-4-2-3-5-17(16)25-18/h2-9,12,19,22H,10-11,13H2,1H3,(H,21,23). The Kier molecular flexibility index (Phi) is 5.48. The van der Waals surface area contributed by atoms with Gasteiger partial charge in [-0.1, -0.05) is 48.0 Å². The molecule has 0 saturated heterocycles. The van der Waals surface area contributed by atoms with Crippen molar-refractivity contribution in [2.45, 2.75) is 13.0 Å². The zero-order chi connectivity index (χ0) is 17.6. The Bertz CT molecular complexity index is 805. The molecule has 0 aliphatic heterocycles. The predicted octanol–water partition coefficient (Wildman–Crippen LogP) is 3.22. The molecule has 0 saturated carbocycles. The van der Waals surface area contributed by atoms with Crippen LogP contribution in [0.2, 0.25) is 0 Å². The average molecular weight is 339 g/mol. The highest BCUT2D eigenvalue weighted by molar-refractivity contribution is 5.96. The van der Waals surface area contributed by atoms with Crippen molar-refractivity contribution in [2.75, 3.05) is 19.8 Å². The molecule has 2 N–H and O–H groups in total. The number of amides is 1. The topological polar surface area (TPSA) is 71.7 Å². The SMILES string of the molecule is Cc1ccc(C(CNC(=O)c2cc3ccccc3o2)OCCO)cc1. The Balaban J connectivity index is 1.69. The number of hydrogen-bond donors (Lipinski definition) is 2. The number of fused-ring (bicyclic) bond motifs is 1. The van der Waals surface area contributed by atoms with E-state index >= 15 is 0 Å². The lowest BCUT2D eigenvalue weighted by atomic mass is 10.1. The number of hydrogen-bond acceptors (Lipinski definition) is 4. The molecule has 0 radical (unpaired) electrons. The van der Waals surface area contributed by atoms with Gasteiger partial charge < -0.3 is 19.6 Å². The summed E-state index contributed by atoms with van der Waals surface area (Å²) in [6, 6.07) is 17.1. The predicted molar refractivity (Wildman–Crippen MR) is 95.5 cm³/mol. The van der Waals surface area contributed by atoms with E-state index in [9.17, 15) is 4.79 Å². The van der Waals surface area contributed by atoms with Gasteiger partial charge in [0.25, 0.3) is 5.91 Å². The molecule has 1 amide bonds. The number of aliphatic hydroxyl groups excluding tert-OH is 1. The van der Waals surface area contributed by atoms with Crippen LogP contribution in [0, 0.1) is 6.92 Å². The number of furan rings is 1. The van der Waals surface area contributed by atoms with E-state index in [4.69, 9.17) is 14.3 Å². The van der Waals surface area contributed by atoms with Crippen LogP contribution in [0.4, 0.5) is 0 Å². The van der Waals surface area contributed by atoms with Crippen LogP contribution in [0.1, 0.15) is 27.8 Å². The third-order valence-corrected chi connectivity index (χ3v) is 3.96. The molecule has 2 aromatic carbocycles. The van der Waals surface area contributed by atoms with Gasteiger partial charge in [0.05, 0.1) is 19.3 Å². The molecule has 0 bridgehead atoms. The van der Waals surface area contributed by atoms with Crippen LogP contribution >= 0.6 is 0 Å². The van der Waals surface area contributed by atoms with E-state index in [1.54, 1.807) is 6.07 Å². The Morgan fingerprint density at radius 3 is 2.68 bits per heavy atom. The van der Waals surface area contributed by atoms with E-state index in [2.05, 4.69) is 5.32 Å². The number of benzene rings is 2. The minimum absolute atomic E-state index is 0.0696. The highest BCUT2D eigenvalue weighted by Gasteiger charge is 2.16. The lowest BCUT2D eigenvalue weighted by molar-refractivity contribution is 0.0275. The molecule has 3 aromatic rings. The van der Waals surface area contributed by atoms with E-state index < -0.39 is 0 Å². The number of ether oxygens (including phenoxy) is 1. The van der Waals surface area contributed by atoms with Crippen molar-refractivity contribution in [3.8, 4) is 0 Å². The fraction of sp³-hybridized carbons (Fsp3) is 0.250. The summed E-state index contributed by atoms with van der Waals surface area (Å²) < 4.78 is 11.2. The summed E-state index contributed by atoms with van der Waals surface area (Å²) in [5, 5.41) is 12.7. The number of aryl methyl sites for hydroxylation is 1. The second-order valence-corrected chi connectivity index (χ2v) is 5.85. The Hall–Kier alpha value is -2.63. The first-order chi connectivity index (χ1) is 12.2. The van der Waals surface area contributed by atoms with Crippen LogP contribution in [0.3, 0.4) is 0 Å². The van der Waals surface area contributed by atoms with Gasteiger partial charge >= 0.3 is 0 Å². The van der Waals surface area contributed by atoms with Gasteiger partial charge in [0.2, 0.25) is 0 Å². The quantitative estimate of drug-likeness (QED) is 0.693. The molecule has 0 spiro atoms. The van der Waals surface area contributed by atoms with Crippen LogP contribution in [0.5, 0.6) is 0 Å². The maximum atomic E-state index is 12.4. The summed E-state index contributed by atoms with van der Waals surface area (Å²) in [6.07, 6.45) is -0.332. The molecule has 1 heterocycles. The van der Waals surface area contributed by atoms with Crippen molar-refractivity contribution in [3.05, 3.63) is 71.5 Å². The number of aliphatic hydroxyl groups is 1. The van der Waals surface area contributed by atoms with E-state index in [0.717, 1.165) is 16.5 Å². The molecule has 5 nitrogen and oxygen atoms in total. The Morgan fingerprint density at radius 1 is 1.20 bits per heavy atom. The third kappa shape index (κ3) is 4.26. The van der Waals surface area contributed by atoms with Crippen LogP contribution in [-0.4, -0.2) is 30.8 Å². The Morgan fingerprint density at radius 2 is 1.96 bits per heavy atom. The van der Waals surface area contributed by atoms with Crippen molar-refractivity contribution >= 4 is 16.9 Å². The first-order valence-corrected chi connectivity index (χ1v) is 8.23. The molecule has 1 atom stereocenters.